The van der Waals surface area contributed by atoms with Gasteiger partial charge in [0.1, 0.15) is 11.6 Å². The molecule has 2 aromatic carbocycles. The number of nitrogens with two attached hydrogens (primary N) is 2. The molecule has 1 aliphatic carbocycles. The van der Waals surface area contributed by atoms with Crippen LogP contribution >= 0.6 is 11.6 Å². The monoisotopic (exact) mass is 522 g/mol. The highest BCUT2D eigenvalue weighted by molar-refractivity contribution is 6.53. The molecule has 1 heterocycles. The lowest BCUT2D eigenvalue weighted by molar-refractivity contribution is 0.208. The number of halogens is 2. The zero-order valence-corrected chi connectivity index (χ0v) is 22.9. The Labute approximate surface area is 226 Å². The number of anilines is 1. The van der Waals surface area contributed by atoms with E-state index in [1.165, 1.54) is 31.7 Å². The fourth-order valence-corrected chi connectivity index (χ4v) is 5.71. The van der Waals surface area contributed by atoms with Crippen molar-refractivity contribution in [3.05, 3.63) is 77.2 Å². The minimum atomic E-state index is -0.293. The smallest absolute Gasteiger partial charge is 0.123 e. The summed E-state index contributed by atoms with van der Waals surface area (Å²) in [5.41, 5.74) is 18.1. The Morgan fingerprint density at radius 2 is 1.81 bits per heavy atom. The molecule has 0 aliphatic heterocycles. The maximum Gasteiger partial charge on any atom is 0.123 e. The first-order valence-electron chi connectivity index (χ1n) is 13.6. The first kappa shape index (κ1) is 27.3. The van der Waals surface area contributed by atoms with Crippen molar-refractivity contribution in [3.8, 4) is 11.1 Å². The maximum atomic E-state index is 14.4. The van der Waals surface area contributed by atoms with Crippen LogP contribution in [0.4, 0.5) is 10.2 Å². The normalized spacial score (nSPS) is 14.6. The summed E-state index contributed by atoms with van der Waals surface area (Å²) in [6.07, 6.45) is 7.25. The second-order valence-electron chi connectivity index (χ2n) is 10.1. The Kier molecular flexibility index (Phi) is 9.33. The van der Waals surface area contributed by atoms with Gasteiger partial charge in [-0.25, -0.2) is 4.39 Å². The van der Waals surface area contributed by atoms with Crippen molar-refractivity contribution in [2.24, 2.45) is 11.7 Å². The van der Waals surface area contributed by atoms with E-state index in [0.29, 0.717) is 22.1 Å². The quantitative estimate of drug-likeness (QED) is 0.261. The minimum Gasteiger partial charge on any atom is -0.397 e. The van der Waals surface area contributed by atoms with Crippen LogP contribution in [0, 0.1) is 11.7 Å². The Hall–Kier alpha value is -2.76. The lowest BCUT2D eigenvalue weighted by Crippen LogP contribution is -2.32. The molecular weight excluding hydrogens is 483 g/mol. The van der Waals surface area contributed by atoms with Crippen LogP contribution in [-0.2, 0) is 13.0 Å². The molecule has 1 saturated carbocycles. The lowest BCUT2D eigenvalue weighted by Gasteiger charge is -2.29. The number of nitrogen functional groups attached to an aromatic ring is 1. The van der Waals surface area contributed by atoms with Crippen LogP contribution in [-0.4, -0.2) is 29.1 Å². The zero-order chi connectivity index (χ0) is 26.4. The number of aromatic nitrogens is 1. The van der Waals surface area contributed by atoms with Gasteiger partial charge in [0, 0.05) is 29.9 Å². The van der Waals surface area contributed by atoms with E-state index in [2.05, 4.69) is 23.3 Å². The van der Waals surface area contributed by atoms with Crippen molar-refractivity contribution >= 4 is 28.1 Å². The standard InChI is InChI=1S/C31H40ClFN4/c1-3-17-36(18-16-22-10-8-11-22)19-20-37-26(4-2)27(24-14-9-15-25(33)21-24)28(31(37)35)29(32)30(34)23-12-6-5-7-13-23/h5-7,9,12-15,21-22H,3-4,8,10-11,16-20,34-35H2,1-2H3/b30-29+. The van der Waals surface area contributed by atoms with E-state index in [-0.39, 0.29) is 5.82 Å². The van der Waals surface area contributed by atoms with Gasteiger partial charge in [0.2, 0.25) is 0 Å². The van der Waals surface area contributed by atoms with Crippen LogP contribution in [0.1, 0.15) is 62.8 Å². The molecule has 37 heavy (non-hydrogen) atoms. The third-order valence-corrected chi connectivity index (χ3v) is 8.05. The topological polar surface area (TPSA) is 60.2 Å². The molecule has 0 atom stereocenters. The third kappa shape index (κ3) is 6.22. The summed E-state index contributed by atoms with van der Waals surface area (Å²) in [5, 5.41) is 0.395. The summed E-state index contributed by atoms with van der Waals surface area (Å²) in [6, 6.07) is 16.3. The molecule has 0 amide bonds. The summed E-state index contributed by atoms with van der Waals surface area (Å²) >= 11 is 7.01. The van der Waals surface area contributed by atoms with E-state index < -0.39 is 0 Å². The maximum absolute atomic E-state index is 14.4. The first-order chi connectivity index (χ1) is 17.9. The second-order valence-corrected chi connectivity index (χ2v) is 10.5. The van der Waals surface area contributed by atoms with Crippen LogP contribution < -0.4 is 11.5 Å². The summed E-state index contributed by atoms with van der Waals surface area (Å²) in [5.74, 6) is 1.17. The predicted octanol–water partition coefficient (Wildman–Crippen LogP) is 7.36. The van der Waals surface area contributed by atoms with Gasteiger partial charge in [0.05, 0.1) is 10.7 Å². The number of rotatable bonds is 12. The molecule has 4 rings (SSSR count). The van der Waals surface area contributed by atoms with E-state index in [1.807, 2.05) is 36.4 Å². The van der Waals surface area contributed by atoms with Gasteiger partial charge in [0.15, 0.2) is 0 Å². The molecule has 0 unspecified atom stereocenters. The third-order valence-electron chi connectivity index (χ3n) is 7.66. The number of benzene rings is 2. The molecular formula is C31H40ClFN4. The van der Waals surface area contributed by atoms with E-state index in [9.17, 15) is 4.39 Å². The number of hydrogen-bond acceptors (Lipinski definition) is 3. The van der Waals surface area contributed by atoms with E-state index >= 15 is 0 Å². The van der Waals surface area contributed by atoms with Crippen LogP contribution in [0.2, 0.25) is 0 Å². The highest BCUT2D eigenvalue weighted by Gasteiger charge is 2.26. The van der Waals surface area contributed by atoms with E-state index in [1.54, 1.807) is 12.1 Å². The summed E-state index contributed by atoms with van der Waals surface area (Å²) in [6.45, 7) is 8.18. The molecule has 4 N–H and O–H groups in total. The highest BCUT2D eigenvalue weighted by Crippen LogP contribution is 2.43. The van der Waals surface area contributed by atoms with Crippen molar-refractivity contribution in [2.75, 3.05) is 25.4 Å². The summed E-state index contributed by atoms with van der Waals surface area (Å²) in [4.78, 5) is 2.55. The van der Waals surface area contributed by atoms with Crippen LogP contribution in [0.25, 0.3) is 21.9 Å². The highest BCUT2D eigenvalue weighted by atomic mass is 35.5. The van der Waals surface area contributed by atoms with Gasteiger partial charge >= 0.3 is 0 Å². The van der Waals surface area contributed by atoms with Gasteiger partial charge in [-0.05, 0) is 61.5 Å². The molecule has 1 aromatic heterocycles. The van der Waals surface area contributed by atoms with Crippen molar-refractivity contribution in [3.63, 3.8) is 0 Å². The van der Waals surface area contributed by atoms with Crippen LogP contribution in [0.15, 0.2) is 54.6 Å². The van der Waals surface area contributed by atoms with Crippen LogP contribution in [0.5, 0.6) is 0 Å². The number of nitrogens with zero attached hydrogens (tertiary/aromatic N) is 2. The molecule has 0 bridgehead atoms. The molecule has 198 valence electrons. The molecule has 1 aliphatic rings. The lowest BCUT2D eigenvalue weighted by atomic mass is 9.83. The molecule has 0 saturated heterocycles. The van der Waals surface area contributed by atoms with Gasteiger partial charge in [-0.2, -0.15) is 0 Å². The summed E-state index contributed by atoms with van der Waals surface area (Å²) in [7, 11) is 0. The minimum absolute atomic E-state index is 0.293. The van der Waals surface area contributed by atoms with Crippen molar-refractivity contribution in [1.29, 1.82) is 0 Å². The molecule has 0 radical (unpaired) electrons. The fourth-order valence-electron chi connectivity index (χ4n) is 5.41. The van der Waals surface area contributed by atoms with Crippen LogP contribution in [0.3, 0.4) is 0 Å². The average molecular weight is 523 g/mol. The Balaban J connectivity index is 1.75. The van der Waals surface area contributed by atoms with Crippen molar-refractivity contribution in [2.45, 2.75) is 58.9 Å². The SMILES string of the molecule is CCCN(CCC1CCC1)CCn1c(N)c(/C(Cl)=C(\N)c2ccccc2)c(-c2cccc(F)c2)c1CC. The molecule has 4 nitrogen and oxygen atoms in total. The molecule has 3 aromatic rings. The van der Waals surface area contributed by atoms with Gasteiger partial charge < -0.3 is 20.9 Å². The second kappa shape index (κ2) is 12.7. The van der Waals surface area contributed by atoms with Gasteiger partial charge in [-0.3, -0.25) is 0 Å². The molecule has 6 heteroatoms. The number of hydrogen-bond donors (Lipinski definition) is 2. The largest absolute Gasteiger partial charge is 0.397 e. The van der Waals surface area contributed by atoms with E-state index in [4.69, 9.17) is 23.1 Å². The molecule has 0 spiro atoms. The first-order valence-corrected chi connectivity index (χ1v) is 14.0. The molecule has 1 fully saturated rings. The predicted molar refractivity (Wildman–Crippen MR) is 156 cm³/mol. The zero-order valence-electron chi connectivity index (χ0n) is 22.1. The van der Waals surface area contributed by atoms with Gasteiger partial charge in [-0.15, -0.1) is 0 Å². The van der Waals surface area contributed by atoms with Gasteiger partial charge in [0.25, 0.3) is 0 Å². The Morgan fingerprint density at radius 1 is 1.05 bits per heavy atom. The average Bonchev–Trinajstić information content (AvgIpc) is 3.17. The fraction of sp³-hybridized carbons (Fsp3) is 0.419. The Bertz CT molecular complexity index is 1210. The van der Waals surface area contributed by atoms with E-state index in [0.717, 1.165) is 67.3 Å². The summed E-state index contributed by atoms with van der Waals surface area (Å²) < 4.78 is 16.5. The van der Waals surface area contributed by atoms with Gasteiger partial charge in [-0.1, -0.05) is 87.2 Å². The van der Waals surface area contributed by atoms with Crippen molar-refractivity contribution < 1.29 is 4.39 Å². The Morgan fingerprint density at radius 3 is 2.43 bits per heavy atom. The van der Waals surface area contributed by atoms with Crippen molar-refractivity contribution in [1.82, 2.24) is 9.47 Å².